The molecule has 1 amide bonds. The van der Waals surface area contributed by atoms with Gasteiger partial charge in [0.2, 0.25) is 0 Å². The fourth-order valence-electron chi connectivity index (χ4n) is 0.979. The van der Waals surface area contributed by atoms with Gasteiger partial charge in [-0.2, -0.15) is 0 Å². The molecule has 1 rings (SSSR count). The van der Waals surface area contributed by atoms with Gasteiger partial charge in [0, 0.05) is 11.6 Å². The number of phenols is 1. The van der Waals surface area contributed by atoms with Gasteiger partial charge in [-0.1, -0.05) is 23.2 Å². The predicted molar refractivity (Wildman–Crippen MR) is 71.1 cm³/mol. The molecular formula is C10H13Cl3N2O2. The quantitative estimate of drug-likeness (QED) is 0.752. The maximum atomic E-state index is 11.6. The summed E-state index contributed by atoms with van der Waals surface area (Å²) in [6, 6.07) is 2.81. The van der Waals surface area contributed by atoms with Crippen LogP contribution in [0.3, 0.4) is 0 Å². The number of phenolic OH excluding ortho intramolecular Hbond substituents is 1. The number of halogens is 3. The number of benzene rings is 1. The molecule has 0 aliphatic carbocycles. The number of carbonyl (C=O) groups excluding carboxylic acids is 1. The van der Waals surface area contributed by atoms with E-state index in [1.54, 1.807) is 0 Å². The Kier molecular flexibility index (Phi) is 6.64. The minimum atomic E-state index is -0.363. The van der Waals surface area contributed by atoms with Crippen molar-refractivity contribution in [3.63, 3.8) is 0 Å². The number of hydrazine groups is 1. The Morgan fingerprint density at radius 1 is 1.29 bits per heavy atom. The fourth-order valence-corrected chi connectivity index (χ4v) is 1.47. The van der Waals surface area contributed by atoms with Crippen LogP contribution in [0, 0.1) is 0 Å². The van der Waals surface area contributed by atoms with E-state index < -0.39 is 0 Å². The Hall–Kier alpha value is -0.680. The van der Waals surface area contributed by atoms with E-state index in [-0.39, 0.29) is 45.7 Å². The molecule has 0 saturated carbocycles. The van der Waals surface area contributed by atoms with Gasteiger partial charge in [0.1, 0.15) is 0 Å². The predicted octanol–water partition coefficient (Wildman–Crippen LogP) is 2.76. The minimum absolute atomic E-state index is 0. The van der Waals surface area contributed by atoms with Crippen LogP contribution < -0.4 is 10.9 Å². The monoisotopic (exact) mass is 298 g/mol. The highest BCUT2D eigenvalue weighted by atomic mass is 35.5. The van der Waals surface area contributed by atoms with Gasteiger partial charge in [-0.05, 0) is 26.0 Å². The van der Waals surface area contributed by atoms with E-state index in [0.717, 1.165) is 0 Å². The molecule has 7 heteroatoms. The lowest BCUT2D eigenvalue weighted by atomic mass is 10.2. The zero-order chi connectivity index (χ0) is 12.3. The number of aromatic hydroxyl groups is 1. The second kappa shape index (κ2) is 6.91. The summed E-state index contributed by atoms with van der Waals surface area (Å²) in [6.45, 7) is 3.77. The largest absolute Gasteiger partial charge is 0.505 e. The summed E-state index contributed by atoms with van der Waals surface area (Å²) in [7, 11) is 0. The second-order valence-electron chi connectivity index (χ2n) is 3.54. The van der Waals surface area contributed by atoms with Crippen LogP contribution in [0.15, 0.2) is 12.1 Å². The standard InChI is InChI=1S/C10H12Cl2N2O2.ClH/c1-5(2)13-14-10(16)6-3-7(11)9(15)8(12)4-6;/h3-5,13,15H,1-2H3,(H,14,16);1H. The van der Waals surface area contributed by atoms with E-state index >= 15 is 0 Å². The molecule has 1 aromatic carbocycles. The summed E-state index contributed by atoms with van der Waals surface area (Å²) in [6.07, 6.45) is 0. The Morgan fingerprint density at radius 2 is 1.76 bits per heavy atom. The van der Waals surface area contributed by atoms with Crippen molar-refractivity contribution in [3.8, 4) is 5.75 Å². The highest BCUT2D eigenvalue weighted by Crippen LogP contribution is 2.32. The molecule has 0 saturated heterocycles. The smallest absolute Gasteiger partial charge is 0.265 e. The Labute approximate surface area is 116 Å². The van der Waals surface area contributed by atoms with Crippen molar-refractivity contribution in [1.82, 2.24) is 10.9 Å². The Bertz CT molecular complexity index is 388. The molecule has 1 aromatic rings. The summed E-state index contributed by atoms with van der Waals surface area (Å²) in [4.78, 5) is 11.6. The number of carbonyl (C=O) groups is 1. The van der Waals surface area contributed by atoms with Gasteiger partial charge < -0.3 is 5.11 Å². The van der Waals surface area contributed by atoms with Crippen molar-refractivity contribution in [2.75, 3.05) is 0 Å². The van der Waals surface area contributed by atoms with Gasteiger partial charge in [-0.15, -0.1) is 12.4 Å². The molecule has 3 N–H and O–H groups in total. The summed E-state index contributed by atoms with van der Waals surface area (Å²) >= 11 is 11.4. The third-order valence-electron chi connectivity index (χ3n) is 1.75. The van der Waals surface area contributed by atoms with Crippen LogP contribution in [0.5, 0.6) is 5.75 Å². The number of rotatable bonds is 3. The van der Waals surface area contributed by atoms with Crippen LogP contribution in [0.2, 0.25) is 10.0 Å². The first-order chi connectivity index (χ1) is 7.41. The van der Waals surface area contributed by atoms with Crippen molar-refractivity contribution in [1.29, 1.82) is 0 Å². The van der Waals surface area contributed by atoms with E-state index in [2.05, 4.69) is 10.9 Å². The van der Waals surface area contributed by atoms with Crippen molar-refractivity contribution >= 4 is 41.5 Å². The topological polar surface area (TPSA) is 61.4 Å². The van der Waals surface area contributed by atoms with Crippen LogP contribution in [0.1, 0.15) is 24.2 Å². The molecule has 0 aliphatic heterocycles. The molecule has 4 nitrogen and oxygen atoms in total. The first kappa shape index (κ1) is 16.3. The SMILES string of the molecule is CC(C)NNC(=O)c1cc(Cl)c(O)c(Cl)c1.Cl. The van der Waals surface area contributed by atoms with Crippen LogP contribution in [0.4, 0.5) is 0 Å². The fraction of sp³-hybridized carbons (Fsp3) is 0.300. The maximum absolute atomic E-state index is 11.6. The van der Waals surface area contributed by atoms with E-state index in [9.17, 15) is 9.90 Å². The van der Waals surface area contributed by atoms with Gasteiger partial charge in [0.25, 0.3) is 5.91 Å². The van der Waals surface area contributed by atoms with Gasteiger partial charge >= 0.3 is 0 Å². The number of hydrogen-bond acceptors (Lipinski definition) is 3. The molecule has 0 unspecified atom stereocenters. The highest BCUT2D eigenvalue weighted by Gasteiger charge is 2.12. The molecule has 0 aromatic heterocycles. The third kappa shape index (κ3) is 4.60. The molecule has 0 aliphatic rings. The molecule has 0 atom stereocenters. The molecule has 0 fully saturated rings. The maximum Gasteiger partial charge on any atom is 0.265 e. The highest BCUT2D eigenvalue weighted by molar-refractivity contribution is 6.37. The first-order valence-corrected chi connectivity index (χ1v) is 5.41. The van der Waals surface area contributed by atoms with Crippen molar-refractivity contribution in [2.24, 2.45) is 0 Å². The number of hydrogen-bond donors (Lipinski definition) is 3. The zero-order valence-corrected chi connectivity index (χ0v) is 11.6. The van der Waals surface area contributed by atoms with Crippen LogP contribution in [-0.4, -0.2) is 17.1 Å². The average Bonchev–Trinajstić information content (AvgIpc) is 2.21. The van der Waals surface area contributed by atoms with E-state index in [4.69, 9.17) is 23.2 Å². The van der Waals surface area contributed by atoms with E-state index in [1.165, 1.54) is 12.1 Å². The van der Waals surface area contributed by atoms with Gasteiger partial charge in [-0.25, -0.2) is 5.43 Å². The lowest BCUT2D eigenvalue weighted by Gasteiger charge is -2.10. The van der Waals surface area contributed by atoms with Gasteiger partial charge in [0.05, 0.1) is 10.0 Å². The molecule has 0 bridgehead atoms. The third-order valence-corrected chi connectivity index (χ3v) is 2.33. The normalized spacial score (nSPS) is 9.94. The Balaban J connectivity index is 0.00000256. The van der Waals surface area contributed by atoms with Crippen molar-refractivity contribution < 1.29 is 9.90 Å². The summed E-state index contributed by atoms with van der Waals surface area (Å²) in [5.41, 5.74) is 5.51. The lowest BCUT2D eigenvalue weighted by Crippen LogP contribution is -2.41. The average molecular weight is 300 g/mol. The minimum Gasteiger partial charge on any atom is -0.505 e. The summed E-state index contributed by atoms with van der Waals surface area (Å²) in [5.74, 6) is -0.589. The molecule has 96 valence electrons. The van der Waals surface area contributed by atoms with Gasteiger partial charge in [-0.3, -0.25) is 10.2 Å². The molecule has 0 radical (unpaired) electrons. The van der Waals surface area contributed by atoms with Gasteiger partial charge in [0.15, 0.2) is 5.75 Å². The summed E-state index contributed by atoms with van der Waals surface area (Å²) < 4.78 is 0. The van der Waals surface area contributed by atoms with Crippen LogP contribution >= 0.6 is 35.6 Å². The van der Waals surface area contributed by atoms with Crippen molar-refractivity contribution in [2.45, 2.75) is 19.9 Å². The van der Waals surface area contributed by atoms with E-state index in [0.29, 0.717) is 0 Å². The molecule has 17 heavy (non-hydrogen) atoms. The first-order valence-electron chi connectivity index (χ1n) is 4.65. The molecule has 0 heterocycles. The molecule has 0 spiro atoms. The van der Waals surface area contributed by atoms with Crippen LogP contribution in [0.25, 0.3) is 0 Å². The van der Waals surface area contributed by atoms with E-state index in [1.807, 2.05) is 13.8 Å². The molecular weight excluding hydrogens is 286 g/mol. The second-order valence-corrected chi connectivity index (χ2v) is 4.36. The zero-order valence-electron chi connectivity index (χ0n) is 9.25. The Morgan fingerprint density at radius 3 is 2.18 bits per heavy atom. The number of amides is 1. The van der Waals surface area contributed by atoms with Crippen molar-refractivity contribution in [3.05, 3.63) is 27.7 Å². The lowest BCUT2D eigenvalue weighted by molar-refractivity contribution is 0.0927. The number of nitrogens with one attached hydrogen (secondary N) is 2. The van der Waals surface area contributed by atoms with Crippen LogP contribution in [-0.2, 0) is 0 Å². The summed E-state index contributed by atoms with van der Waals surface area (Å²) in [5, 5.41) is 9.41.